The summed E-state index contributed by atoms with van der Waals surface area (Å²) in [6, 6.07) is 10.6. The van der Waals surface area contributed by atoms with E-state index in [1.165, 1.54) is 9.75 Å². The summed E-state index contributed by atoms with van der Waals surface area (Å²) in [6.45, 7) is 8.72. The fraction of sp³-hybridized carbons (Fsp3) is 0.524. The summed E-state index contributed by atoms with van der Waals surface area (Å²) in [5.74, 6) is 1.34. The maximum atomic E-state index is 10.2. The molecule has 0 unspecified atom stereocenters. The van der Waals surface area contributed by atoms with Crippen LogP contribution in [-0.2, 0) is 13.1 Å². The lowest BCUT2D eigenvalue weighted by Gasteiger charge is -2.24. The predicted molar refractivity (Wildman–Crippen MR) is 112 cm³/mol. The highest BCUT2D eigenvalue weighted by molar-refractivity contribution is 7.11. The van der Waals surface area contributed by atoms with E-state index in [0.29, 0.717) is 24.1 Å². The van der Waals surface area contributed by atoms with Crippen molar-refractivity contribution >= 4 is 11.3 Å². The zero-order valence-electron chi connectivity index (χ0n) is 17.0. The number of nitrogens with one attached hydrogen (secondary N) is 1. The molecule has 27 heavy (non-hydrogen) atoms. The maximum absolute atomic E-state index is 10.2. The van der Waals surface area contributed by atoms with Gasteiger partial charge in [-0.05, 0) is 57.6 Å². The first-order chi connectivity index (χ1) is 12.9. The van der Waals surface area contributed by atoms with Gasteiger partial charge in [0.2, 0.25) is 0 Å². The van der Waals surface area contributed by atoms with Crippen LogP contribution in [0, 0.1) is 6.92 Å². The van der Waals surface area contributed by atoms with Crippen molar-refractivity contribution in [1.82, 2.24) is 10.2 Å². The van der Waals surface area contributed by atoms with E-state index in [0.717, 1.165) is 18.7 Å². The lowest BCUT2D eigenvalue weighted by molar-refractivity contribution is 0.0668. The number of nitrogens with zero attached hydrogens (tertiary/aromatic N) is 1. The first-order valence-corrected chi connectivity index (χ1v) is 10.1. The molecule has 0 bridgehead atoms. The second-order valence-electron chi connectivity index (χ2n) is 7.10. The van der Waals surface area contributed by atoms with E-state index in [4.69, 9.17) is 9.47 Å². The molecule has 2 aromatic rings. The van der Waals surface area contributed by atoms with E-state index in [1.807, 2.05) is 36.6 Å². The number of hydrogen-bond acceptors (Lipinski definition) is 6. The quantitative estimate of drug-likeness (QED) is 0.614. The number of thiophene rings is 1. The van der Waals surface area contributed by atoms with Crippen LogP contribution in [0.25, 0.3) is 0 Å². The van der Waals surface area contributed by atoms with Gasteiger partial charge in [0.25, 0.3) is 0 Å². The molecule has 0 amide bonds. The molecular weight excluding hydrogens is 360 g/mol. The van der Waals surface area contributed by atoms with Gasteiger partial charge in [0.1, 0.15) is 12.7 Å². The van der Waals surface area contributed by atoms with Crippen molar-refractivity contribution in [2.24, 2.45) is 0 Å². The van der Waals surface area contributed by atoms with Gasteiger partial charge in [0.05, 0.1) is 7.11 Å². The van der Waals surface area contributed by atoms with Gasteiger partial charge >= 0.3 is 0 Å². The molecule has 1 heterocycles. The highest BCUT2D eigenvalue weighted by Crippen LogP contribution is 2.28. The first kappa shape index (κ1) is 21.7. The molecule has 0 aliphatic carbocycles. The minimum Gasteiger partial charge on any atom is -0.493 e. The molecule has 0 aliphatic rings. The molecule has 5 nitrogen and oxygen atoms in total. The molecule has 2 rings (SSSR count). The van der Waals surface area contributed by atoms with E-state index < -0.39 is 6.10 Å². The number of ether oxygens (including phenoxy) is 2. The lowest BCUT2D eigenvalue weighted by atomic mass is 10.2. The van der Waals surface area contributed by atoms with Crippen molar-refractivity contribution in [3.8, 4) is 11.5 Å². The van der Waals surface area contributed by atoms with Crippen LogP contribution < -0.4 is 14.8 Å². The number of rotatable bonds is 11. The molecular formula is C21H32N2O3S. The second-order valence-corrected chi connectivity index (χ2v) is 8.47. The van der Waals surface area contributed by atoms with Crippen LogP contribution in [0.4, 0.5) is 0 Å². The Balaban J connectivity index is 1.89. The smallest absolute Gasteiger partial charge is 0.161 e. The molecule has 0 radical (unpaired) electrons. The Bertz CT molecular complexity index is 702. The largest absolute Gasteiger partial charge is 0.493 e. The Hall–Kier alpha value is -1.60. The summed E-state index contributed by atoms with van der Waals surface area (Å²) in [6.07, 6.45) is -0.550. The van der Waals surface area contributed by atoms with Crippen LogP contribution >= 0.6 is 11.3 Å². The molecule has 6 heteroatoms. The summed E-state index contributed by atoms with van der Waals surface area (Å²) in [4.78, 5) is 4.75. The number of hydrogen-bond donors (Lipinski definition) is 2. The van der Waals surface area contributed by atoms with Crippen LogP contribution in [0.5, 0.6) is 11.5 Å². The van der Waals surface area contributed by atoms with Crippen molar-refractivity contribution in [2.45, 2.75) is 46.0 Å². The van der Waals surface area contributed by atoms with Crippen LogP contribution in [0.3, 0.4) is 0 Å². The Kier molecular flexibility index (Phi) is 8.57. The second kappa shape index (κ2) is 10.7. The Morgan fingerprint density at radius 3 is 2.56 bits per heavy atom. The van der Waals surface area contributed by atoms with E-state index >= 15 is 0 Å². The SMILES string of the molecule is COc1ccc(CNCc2ccc(C)s2)cc1OC[C@@H](O)CN(C)C(C)C. The summed E-state index contributed by atoms with van der Waals surface area (Å²) in [5, 5.41) is 13.7. The number of aryl methyl sites for hydroxylation is 1. The fourth-order valence-electron chi connectivity index (χ4n) is 2.64. The van der Waals surface area contributed by atoms with Crippen molar-refractivity contribution in [2.75, 3.05) is 27.3 Å². The molecule has 0 spiro atoms. The third kappa shape index (κ3) is 7.14. The van der Waals surface area contributed by atoms with Crippen molar-refractivity contribution in [1.29, 1.82) is 0 Å². The zero-order chi connectivity index (χ0) is 19.8. The third-order valence-corrected chi connectivity index (χ3v) is 5.46. The number of aliphatic hydroxyl groups is 1. The summed E-state index contributed by atoms with van der Waals surface area (Å²) in [5.41, 5.74) is 1.12. The topological polar surface area (TPSA) is 54.0 Å². The normalized spacial score (nSPS) is 12.6. The molecule has 0 saturated carbocycles. The molecule has 2 N–H and O–H groups in total. The van der Waals surface area contributed by atoms with Gasteiger partial charge in [-0.3, -0.25) is 0 Å². The van der Waals surface area contributed by atoms with Gasteiger partial charge < -0.3 is 24.8 Å². The molecule has 0 aliphatic heterocycles. The molecule has 1 aromatic heterocycles. The molecule has 150 valence electrons. The molecule has 1 aromatic carbocycles. The van der Waals surface area contributed by atoms with E-state index in [2.05, 4.69) is 43.1 Å². The minimum atomic E-state index is -0.550. The number of benzene rings is 1. The molecule has 1 atom stereocenters. The summed E-state index contributed by atoms with van der Waals surface area (Å²) < 4.78 is 11.2. The van der Waals surface area contributed by atoms with Crippen LogP contribution in [-0.4, -0.2) is 49.5 Å². The lowest BCUT2D eigenvalue weighted by Crippen LogP contribution is -2.37. The Morgan fingerprint density at radius 2 is 1.93 bits per heavy atom. The standard InChI is InChI=1S/C21H32N2O3S/c1-15(2)23(4)13-18(24)14-26-21-10-17(7-9-20(21)25-5)11-22-12-19-8-6-16(3)27-19/h6-10,15,18,22,24H,11-14H2,1-5H3/t18-/m0/s1. The number of likely N-dealkylation sites (N-methyl/N-ethyl adjacent to an activating group) is 1. The van der Waals surface area contributed by atoms with E-state index in [1.54, 1.807) is 7.11 Å². The highest BCUT2D eigenvalue weighted by Gasteiger charge is 2.13. The highest BCUT2D eigenvalue weighted by atomic mass is 32.1. The van der Waals surface area contributed by atoms with Gasteiger partial charge in [0, 0.05) is 35.4 Å². The summed E-state index contributed by atoms with van der Waals surface area (Å²) in [7, 11) is 3.62. The maximum Gasteiger partial charge on any atom is 0.161 e. The van der Waals surface area contributed by atoms with E-state index in [-0.39, 0.29) is 6.61 Å². The Labute approximate surface area is 166 Å². The van der Waals surface area contributed by atoms with Crippen molar-refractivity contribution < 1.29 is 14.6 Å². The first-order valence-electron chi connectivity index (χ1n) is 9.33. The predicted octanol–water partition coefficient (Wildman–Crippen LogP) is 3.43. The average Bonchev–Trinajstić information content (AvgIpc) is 3.05. The van der Waals surface area contributed by atoms with Gasteiger partial charge in [-0.1, -0.05) is 6.07 Å². The van der Waals surface area contributed by atoms with E-state index in [9.17, 15) is 5.11 Å². The van der Waals surface area contributed by atoms with Crippen molar-refractivity contribution in [3.05, 3.63) is 45.6 Å². The number of aliphatic hydroxyl groups excluding tert-OH is 1. The van der Waals surface area contributed by atoms with Crippen LogP contribution in [0.15, 0.2) is 30.3 Å². The molecule has 0 fully saturated rings. The van der Waals surface area contributed by atoms with Gasteiger partial charge in [-0.2, -0.15) is 0 Å². The van der Waals surface area contributed by atoms with Gasteiger partial charge in [-0.25, -0.2) is 0 Å². The van der Waals surface area contributed by atoms with Crippen molar-refractivity contribution in [3.63, 3.8) is 0 Å². The average molecular weight is 393 g/mol. The summed E-state index contributed by atoms with van der Waals surface area (Å²) >= 11 is 1.81. The van der Waals surface area contributed by atoms with Gasteiger partial charge in [-0.15, -0.1) is 11.3 Å². The Morgan fingerprint density at radius 1 is 1.15 bits per heavy atom. The van der Waals surface area contributed by atoms with Crippen LogP contribution in [0.2, 0.25) is 0 Å². The van der Waals surface area contributed by atoms with Gasteiger partial charge in [0.15, 0.2) is 11.5 Å². The monoisotopic (exact) mass is 392 g/mol. The minimum absolute atomic E-state index is 0.235. The fourth-order valence-corrected chi connectivity index (χ4v) is 3.50. The van der Waals surface area contributed by atoms with Crippen LogP contribution in [0.1, 0.15) is 29.2 Å². The zero-order valence-corrected chi connectivity index (χ0v) is 17.8. The third-order valence-electron chi connectivity index (χ3n) is 4.46. The molecule has 0 saturated heterocycles. The number of methoxy groups -OCH3 is 1.